The van der Waals surface area contributed by atoms with Crippen LogP contribution in [0.3, 0.4) is 0 Å². The molecule has 3 nitrogen and oxygen atoms in total. The van der Waals surface area contributed by atoms with Crippen molar-refractivity contribution in [2.75, 3.05) is 6.54 Å². The molecule has 10 heavy (non-hydrogen) atoms. The highest BCUT2D eigenvalue weighted by Crippen LogP contribution is 1.92. The summed E-state index contributed by atoms with van der Waals surface area (Å²) in [6.07, 6.45) is 4.25. The van der Waals surface area contributed by atoms with Crippen LogP contribution < -0.4 is 5.32 Å². The highest BCUT2D eigenvalue weighted by molar-refractivity contribution is 4.89. The van der Waals surface area contributed by atoms with E-state index in [4.69, 9.17) is 4.42 Å². The van der Waals surface area contributed by atoms with Gasteiger partial charge in [0.1, 0.15) is 6.26 Å². The minimum Gasteiger partial charge on any atom is -0.451 e. The van der Waals surface area contributed by atoms with Crippen molar-refractivity contribution in [3.8, 4) is 0 Å². The quantitative estimate of drug-likeness (QED) is 0.638. The molecule has 0 saturated carbocycles. The molecule has 0 atom stereocenters. The average Bonchev–Trinajstić information content (AvgIpc) is 2.41. The van der Waals surface area contributed by atoms with E-state index in [0.29, 0.717) is 0 Å². The number of nitrogens with zero attached hydrogens (tertiary/aromatic N) is 1. The van der Waals surface area contributed by atoms with Gasteiger partial charge in [0.25, 0.3) is 0 Å². The molecule has 0 unspecified atom stereocenters. The molecule has 0 radical (unpaired) electrons. The van der Waals surface area contributed by atoms with Gasteiger partial charge in [-0.15, -0.1) is 0 Å². The molecule has 1 aromatic rings. The van der Waals surface area contributed by atoms with Crippen LogP contribution in [0.2, 0.25) is 0 Å². The van der Waals surface area contributed by atoms with Crippen molar-refractivity contribution < 1.29 is 4.42 Å². The zero-order valence-corrected chi connectivity index (χ0v) is 6.13. The van der Waals surface area contributed by atoms with Crippen molar-refractivity contribution in [3.05, 3.63) is 18.4 Å². The Labute approximate surface area is 60.5 Å². The fourth-order valence-electron chi connectivity index (χ4n) is 0.718. The van der Waals surface area contributed by atoms with Crippen LogP contribution in [0.1, 0.15) is 19.0 Å². The standard InChI is InChI=1S/C7H12N2O/c1-2-3-8-4-7-5-10-6-9-7/h5-6,8H,2-4H2,1H3. The van der Waals surface area contributed by atoms with Gasteiger partial charge in [0.2, 0.25) is 0 Å². The van der Waals surface area contributed by atoms with Crippen LogP contribution in [-0.2, 0) is 6.54 Å². The van der Waals surface area contributed by atoms with Gasteiger partial charge in [0, 0.05) is 6.54 Å². The van der Waals surface area contributed by atoms with Crippen LogP contribution in [0.15, 0.2) is 17.1 Å². The van der Waals surface area contributed by atoms with E-state index in [-0.39, 0.29) is 0 Å². The smallest absolute Gasteiger partial charge is 0.180 e. The van der Waals surface area contributed by atoms with Crippen molar-refractivity contribution >= 4 is 0 Å². The Balaban J connectivity index is 2.15. The zero-order valence-electron chi connectivity index (χ0n) is 6.13. The molecule has 1 heterocycles. The summed E-state index contributed by atoms with van der Waals surface area (Å²) >= 11 is 0. The highest BCUT2D eigenvalue weighted by atomic mass is 16.3. The number of hydrogen-bond donors (Lipinski definition) is 1. The maximum atomic E-state index is 4.79. The SMILES string of the molecule is CCCNCc1cocn1. The lowest BCUT2D eigenvalue weighted by atomic mass is 10.4. The van der Waals surface area contributed by atoms with E-state index in [1.807, 2.05) is 0 Å². The molecule has 0 spiro atoms. The predicted octanol–water partition coefficient (Wildman–Crippen LogP) is 1.17. The topological polar surface area (TPSA) is 38.1 Å². The van der Waals surface area contributed by atoms with Gasteiger partial charge in [-0.1, -0.05) is 6.92 Å². The minimum atomic E-state index is 0.810. The zero-order chi connectivity index (χ0) is 7.23. The van der Waals surface area contributed by atoms with Gasteiger partial charge in [-0.05, 0) is 13.0 Å². The number of oxazole rings is 1. The van der Waals surface area contributed by atoms with Gasteiger partial charge in [-0.2, -0.15) is 0 Å². The number of hydrogen-bond acceptors (Lipinski definition) is 3. The maximum absolute atomic E-state index is 4.79. The lowest BCUT2D eigenvalue weighted by Gasteiger charge is -1.96. The fourth-order valence-corrected chi connectivity index (χ4v) is 0.718. The third-order valence-corrected chi connectivity index (χ3v) is 1.22. The van der Waals surface area contributed by atoms with E-state index in [9.17, 15) is 0 Å². The maximum Gasteiger partial charge on any atom is 0.180 e. The Kier molecular flexibility index (Phi) is 2.96. The molecule has 0 bridgehead atoms. The van der Waals surface area contributed by atoms with Crippen LogP contribution in [0.5, 0.6) is 0 Å². The Morgan fingerprint density at radius 3 is 3.20 bits per heavy atom. The Hall–Kier alpha value is -0.830. The molecule has 0 aromatic carbocycles. The summed E-state index contributed by atoms with van der Waals surface area (Å²) in [6.45, 7) is 3.98. The van der Waals surface area contributed by atoms with E-state index in [0.717, 1.165) is 25.2 Å². The number of rotatable bonds is 4. The van der Waals surface area contributed by atoms with Crippen LogP contribution in [0.4, 0.5) is 0 Å². The average molecular weight is 140 g/mol. The second-order valence-electron chi connectivity index (χ2n) is 2.16. The lowest BCUT2D eigenvalue weighted by Crippen LogP contribution is -2.13. The largest absolute Gasteiger partial charge is 0.451 e. The molecule has 1 N–H and O–H groups in total. The summed E-state index contributed by atoms with van der Waals surface area (Å²) in [7, 11) is 0. The second-order valence-corrected chi connectivity index (χ2v) is 2.16. The third-order valence-electron chi connectivity index (χ3n) is 1.22. The van der Waals surface area contributed by atoms with Crippen molar-refractivity contribution in [1.29, 1.82) is 0 Å². The normalized spacial score (nSPS) is 10.1. The van der Waals surface area contributed by atoms with Gasteiger partial charge >= 0.3 is 0 Å². The van der Waals surface area contributed by atoms with Gasteiger partial charge in [0.05, 0.1) is 5.69 Å². The first kappa shape index (κ1) is 7.28. The van der Waals surface area contributed by atoms with Crippen LogP contribution >= 0.6 is 0 Å². The Bertz CT molecular complexity index is 160. The molecule has 0 amide bonds. The molecule has 0 aliphatic rings. The van der Waals surface area contributed by atoms with Crippen molar-refractivity contribution in [2.24, 2.45) is 0 Å². The van der Waals surface area contributed by atoms with E-state index >= 15 is 0 Å². The second kappa shape index (κ2) is 4.06. The van der Waals surface area contributed by atoms with E-state index in [2.05, 4.69) is 17.2 Å². The van der Waals surface area contributed by atoms with Gasteiger partial charge < -0.3 is 9.73 Å². The molecule has 1 aromatic heterocycles. The fraction of sp³-hybridized carbons (Fsp3) is 0.571. The van der Waals surface area contributed by atoms with Gasteiger partial charge in [-0.3, -0.25) is 0 Å². The first-order valence-electron chi connectivity index (χ1n) is 3.51. The molecular formula is C7H12N2O. The molecule has 0 fully saturated rings. The summed E-state index contributed by atoms with van der Waals surface area (Å²) in [5.74, 6) is 0. The van der Waals surface area contributed by atoms with Crippen molar-refractivity contribution in [1.82, 2.24) is 10.3 Å². The molecule has 56 valence electrons. The summed E-state index contributed by atoms with van der Waals surface area (Å²) in [4.78, 5) is 3.96. The van der Waals surface area contributed by atoms with Crippen LogP contribution in [-0.4, -0.2) is 11.5 Å². The molecular weight excluding hydrogens is 128 g/mol. The minimum absolute atomic E-state index is 0.810. The van der Waals surface area contributed by atoms with Crippen LogP contribution in [0.25, 0.3) is 0 Å². The van der Waals surface area contributed by atoms with E-state index in [1.165, 1.54) is 6.39 Å². The van der Waals surface area contributed by atoms with Crippen molar-refractivity contribution in [2.45, 2.75) is 19.9 Å². The monoisotopic (exact) mass is 140 g/mol. The van der Waals surface area contributed by atoms with Gasteiger partial charge in [-0.25, -0.2) is 4.98 Å². The summed E-state index contributed by atoms with van der Waals surface area (Å²) in [6, 6.07) is 0. The van der Waals surface area contributed by atoms with E-state index in [1.54, 1.807) is 6.26 Å². The predicted molar refractivity (Wildman–Crippen MR) is 38.5 cm³/mol. The molecule has 0 saturated heterocycles. The summed E-state index contributed by atoms with van der Waals surface area (Å²) in [5.41, 5.74) is 0.966. The Morgan fingerprint density at radius 2 is 2.60 bits per heavy atom. The molecule has 0 aliphatic carbocycles. The lowest BCUT2D eigenvalue weighted by molar-refractivity contribution is 0.554. The first-order chi connectivity index (χ1) is 4.93. The highest BCUT2D eigenvalue weighted by Gasteiger charge is 1.92. The van der Waals surface area contributed by atoms with Crippen molar-refractivity contribution in [3.63, 3.8) is 0 Å². The Morgan fingerprint density at radius 1 is 1.70 bits per heavy atom. The van der Waals surface area contributed by atoms with Crippen LogP contribution in [0, 0.1) is 0 Å². The summed E-state index contributed by atoms with van der Waals surface area (Å²) < 4.78 is 4.79. The number of nitrogens with one attached hydrogen (secondary N) is 1. The summed E-state index contributed by atoms with van der Waals surface area (Å²) in [5, 5.41) is 3.21. The molecule has 1 rings (SSSR count). The third kappa shape index (κ3) is 2.19. The first-order valence-corrected chi connectivity index (χ1v) is 3.51. The molecule has 0 aliphatic heterocycles. The number of aromatic nitrogens is 1. The van der Waals surface area contributed by atoms with E-state index < -0.39 is 0 Å². The van der Waals surface area contributed by atoms with Gasteiger partial charge in [0.15, 0.2) is 6.39 Å². The molecule has 3 heteroatoms.